The van der Waals surface area contributed by atoms with Crippen molar-refractivity contribution in [3.05, 3.63) is 68.7 Å². The number of rotatable bonds is 4. The van der Waals surface area contributed by atoms with Crippen molar-refractivity contribution in [1.82, 2.24) is 0 Å². The molecule has 0 aliphatic rings. The van der Waals surface area contributed by atoms with Crippen molar-refractivity contribution in [3.8, 4) is 5.75 Å². The highest BCUT2D eigenvalue weighted by Crippen LogP contribution is 2.25. The molecule has 0 unspecified atom stereocenters. The fourth-order valence-electron chi connectivity index (χ4n) is 1.66. The van der Waals surface area contributed by atoms with Crippen LogP contribution in [0, 0.1) is 17.0 Å². The first-order valence-electron chi connectivity index (χ1n) is 5.68. The molecule has 0 radical (unpaired) electrons. The molecule has 0 bridgehead atoms. The molecule has 0 aliphatic heterocycles. The van der Waals surface area contributed by atoms with Gasteiger partial charge in [0.05, 0.1) is 4.92 Å². The Bertz CT molecular complexity index is 613. The first-order chi connectivity index (χ1) is 9.06. The Labute approximate surface area is 115 Å². The number of nitro benzene ring substituents is 1. The monoisotopic (exact) mass is 277 g/mol. The molecule has 0 amide bonds. The maximum atomic E-state index is 10.8. The number of nitrogens with zero attached hydrogens (tertiary/aromatic N) is 1. The van der Waals surface area contributed by atoms with E-state index in [0.717, 1.165) is 11.3 Å². The van der Waals surface area contributed by atoms with Gasteiger partial charge in [0.2, 0.25) is 0 Å². The summed E-state index contributed by atoms with van der Waals surface area (Å²) in [4.78, 5) is 10.3. The molecule has 5 heteroatoms. The van der Waals surface area contributed by atoms with Gasteiger partial charge in [0.15, 0.2) is 0 Å². The molecule has 0 fully saturated rings. The van der Waals surface area contributed by atoms with Crippen molar-refractivity contribution >= 4 is 17.3 Å². The minimum absolute atomic E-state index is 0.105. The molecule has 0 aliphatic carbocycles. The van der Waals surface area contributed by atoms with Gasteiger partial charge in [-0.25, -0.2) is 0 Å². The van der Waals surface area contributed by atoms with E-state index in [1.807, 2.05) is 31.2 Å². The molecule has 2 aromatic carbocycles. The summed E-state index contributed by atoms with van der Waals surface area (Å²) in [6, 6.07) is 12.3. The van der Waals surface area contributed by atoms with Crippen LogP contribution in [0.15, 0.2) is 42.5 Å². The van der Waals surface area contributed by atoms with Gasteiger partial charge in [-0.15, -0.1) is 0 Å². The topological polar surface area (TPSA) is 52.4 Å². The molecule has 0 saturated carbocycles. The van der Waals surface area contributed by atoms with Crippen LogP contribution in [0.2, 0.25) is 5.02 Å². The fourth-order valence-corrected chi connectivity index (χ4v) is 1.85. The Hall–Kier alpha value is -2.07. The van der Waals surface area contributed by atoms with E-state index in [-0.39, 0.29) is 17.3 Å². The quantitative estimate of drug-likeness (QED) is 0.623. The van der Waals surface area contributed by atoms with Crippen LogP contribution >= 0.6 is 11.6 Å². The molecule has 0 N–H and O–H groups in total. The first-order valence-corrected chi connectivity index (χ1v) is 6.06. The maximum Gasteiger partial charge on any atom is 0.288 e. The van der Waals surface area contributed by atoms with Crippen LogP contribution in [-0.2, 0) is 6.61 Å². The van der Waals surface area contributed by atoms with Crippen LogP contribution in [0.4, 0.5) is 5.69 Å². The van der Waals surface area contributed by atoms with Crippen LogP contribution in [-0.4, -0.2) is 4.92 Å². The van der Waals surface area contributed by atoms with E-state index in [4.69, 9.17) is 16.3 Å². The highest BCUT2D eigenvalue weighted by molar-refractivity contribution is 6.32. The van der Waals surface area contributed by atoms with Gasteiger partial charge in [-0.05, 0) is 36.2 Å². The van der Waals surface area contributed by atoms with Crippen molar-refractivity contribution in [2.45, 2.75) is 13.5 Å². The molecule has 0 aromatic heterocycles. The lowest BCUT2D eigenvalue weighted by Gasteiger charge is -2.07. The second-order valence-electron chi connectivity index (χ2n) is 4.15. The molecule has 0 spiro atoms. The van der Waals surface area contributed by atoms with Gasteiger partial charge in [0, 0.05) is 6.07 Å². The normalized spacial score (nSPS) is 10.2. The predicted octanol–water partition coefficient (Wildman–Crippen LogP) is 4.14. The van der Waals surface area contributed by atoms with E-state index in [9.17, 15) is 10.1 Å². The molecular formula is C14H12ClNO3. The summed E-state index contributed by atoms with van der Waals surface area (Å²) in [5.41, 5.74) is 1.70. The predicted molar refractivity (Wildman–Crippen MR) is 73.6 cm³/mol. The summed E-state index contributed by atoms with van der Waals surface area (Å²) < 4.78 is 5.58. The molecule has 0 heterocycles. The lowest BCUT2D eigenvalue weighted by atomic mass is 10.2. The lowest BCUT2D eigenvalue weighted by molar-refractivity contribution is -0.384. The van der Waals surface area contributed by atoms with Gasteiger partial charge in [-0.1, -0.05) is 29.8 Å². The SMILES string of the molecule is Cc1cccc(OCc2ccc(Cl)c([N+](=O)[O-])c2)c1. The van der Waals surface area contributed by atoms with Crippen molar-refractivity contribution < 1.29 is 9.66 Å². The summed E-state index contributed by atoms with van der Waals surface area (Å²) >= 11 is 5.75. The molecule has 4 nitrogen and oxygen atoms in total. The van der Waals surface area contributed by atoms with Crippen molar-refractivity contribution in [2.75, 3.05) is 0 Å². The Morgan fingerprint density at radius 1 is 1.26 bits per heavy atom. The summed E-state index contributed by atoms with van der Waals surface area (Å²) in [7, 11) is 0. The Morgan fingerprint density at radius 2 is 2.05 bits per heavy atom. The van der Waals surface area contributed by atoms with Crippen molar-refractivity contribution in [3.63, 3.8) is 0 Å². The van der Waals surface area contributed by atoms with Crippen LogP contribution in [0.5, 0.6) is 5.75 Å². The lowest BCUT2D eigenvalue weighted by Crippen LogP contribution is -1.97. The molecule has 0 saturated heterocycles. The summed E-state index contributed by atoms with van der Waals surface area (Å²) in [6.07, 6.45) is 0. The average molecular weight is 278 g/mol. The van der Waals surface area contributed by atoms with Crippen LogP contribution < -0.4 is 4.74 Å². The summed E-state index contributed by atoms with van der Waals surface area (Å²) in [5, 5.41) is 10.9. The standard InChI is InChI=1S/C14H12ClNO3/c1-10-3-2-4-12(7-10)19-9-11-5-6-13(15)14(8-11)16(17)18/h2-8H,9H2,1H3. The summed E-state index contributed by atoms with van der Waals surface area (Å²) in [5.74, 6) is 0.734. The zero-order valence-corrected chi connectivity index (χ0v) is 11.1. The highest BCUT2D eigenvalue weighted by Gasteiger charge is 2.12. The number of hydrogen-bond acceptors (Lipinski definition) is 3. The Balaban J connectivity index is 2.12. The van der Waals surface area contributed by atoms with Gasteiger partial charge in [-0.3, -0.25) is 10.1 Å². The van der Waals surface area contributed by atoms with Crippen LogP contribution in [0.25, 0.3) is 0 Å². The minimum Gasteiger partial charge on any atom is -0.489 e. The molecule has 0 atom stereocenters. The number of ether oxygens (including phenoxy) is 1. The second-order valence-corrected chi connectivity index (χ2v) is 4.56. The molecule has 19 heavy (non-hydrogen) atoms. The fraction of sp³-hybridized carbons (Fsp3) is 0.143. The number of hydrogen-bond donors (Lipinski definition) is 0. The van der Waals surface area contributed by atoms with Gasteiger partial charge in [0.1, 0.15) is 17.4 Å². The number of benzene rings is 2. The third-order valence-electron chi connectivity index (χ3n) is 2.60. The van der Waals surface area contributed by atoms with Gasteiger partial charge < -0.3 is 4.74 Å². The molecular weight excluding hydrogens is 266 g/mol. The minimum atomic E-state index is -0.501. The largest absolute Gasteiger partial charge is 0.489 e. The van der Waals surface area contributed by atoms with E-state index in [1.165, 1.54) is 12.1 Å². The molecule has 2 rings (SSSR count). The number of aryl methyl sites for hydroxylation is 1. The van der Waals surface area contributed by atoms with E-state index in [0.29, 0.717) is 5.56 Å². The Kier molecular flexibility index (Phi) is 4.02. The third kappa shape index (κ3) is 3.45. The molecule has 2 aromatic rings. The third-order valence-corrected chi connectivity index (χ3v) is 2.92. The zero-order valence-electron chi connectivity index (χ0n) is 10.3. The van der Waals surface area contributed by atoms with E-state index >= 15 is 0 Å². The van der Waals surface area contributed by atoms with Gasteiger partial charge in [0.25, 0.3) is 5.69 Å². The maximum absolute atomic E-state index is 10.8. The summed E-state index contributed by atoms with van der Waals surface area (Å²) in [6.45, 7) is 2.24. The van der Waals surface area contributed by atoms with Gasteiger partial charge >= 0.3 is 0 Å². The Morgan fingerprint density at radius 3 is 2.74 bits per heavy atom. The van der Waals surface area contributed by atoms with E-state index in [2.05, 4.69) is 0 Å². The highest BCUT2D eigenvalue weighted by atomic mass is 35.5. The van der Waals surface area contributed by atoms with E-state index < -0.39 is 4.92 Å². The second kappa shape index (κ2) is 5.71. The molecule has 98 valence electrons. The van der Waals surface area contributed by atoms with Crippen LogP contribution in [0.1, 0.15) is 11.1 Å². The smallest absolute Gasteiger partial charge is 0.288 e. The average Bonchev–Trinajstić information content (AvgIpc) is 2.37. The van der Waals surface area contributed by atoms with E-state index in [1.54, 1.807) is 6.07 Å². The van der Waals surface area contributed by atoms with Crippen molar-refractivity contribution in [1.29, 1.82) is 0 Å². The zero-order chi connectivity index (χ0) is 13.8. The number of nitro groups is 1. The van der Waals surface area contributed by atoms with Gasteiger partial charge in [-0.2, -0.15) is 0 Å². The van der Waals surface area contributed by atoms with Crippen LogP contribution in [0.3, 0.4) is 0 Å². The first kappa shape index (κ1) is 13.4. The van der Waals surface area contributed by atoms with Crippen molar-refractivity contribution in [2.24, 2.45) is 0 Å². The number of halogens is 1.